The fraction of sp³-hybridized carbons (Fsp3) is 0.667. The summed E-state index contributed by atoms with van der Waals surface area (Å²) in [6.07, 6.45) is 9.61. The van der Waals surface area contributed by atoms with Crippen LogP contribution in [-0.2, 0) is 0 Å². The first-order chi connectivity index (χ1) is 9.77. The number of hydrogen-bond acceptors (Lipinski definition) is 1. The minimum Gasteiger partial charge on any atom is -0.372 e. The summed E-state index contributed by atoms with van der Waals surface area (Å²) >= 11 is 3.49. The molecule has 0 bridgehead atoms. The van der Waals surface area contributed by atoms with Crippen molar-refractivity contribution in [3.8, 4) is 0 Å². The molecule has 1 aromatic carbocycles. The van der Waals surface area contributed by atoms with E-state index in [4.69, 9.17) is 0 Å². The van der Waals surface area contributed by atoms with Crippen LogP contribution < -0.4 is 4.90 Å². The minimum absolute atomic E-state index is 1.11. The number of benzene rings is 1. The van der Waals surface area contributed by atoms with E-state index in [0.29, 0.717) is 0 Å². The van der Waals surface area contributed by atoms with E-state index in [-0.39, 0.29) is 0 Å². The van der Waals surface area contributed by atoms with Crippen LogP contribution in [0.1, 0.15) is 57.4 Å². The van der Waals surface area contributed by atoms with E-state index in [0.717, 1.165) is 11.9 Å². The summed E-state index contributed by atoms with van der Waals surface area (Å²) in [7, 11) is 0. The number of anilines is 1. The predicted octanol–water partition coefficient (Wildman–Crippen LogP) is 5.95. The number of alkyl halides is 1. The van der Waals surface area contributed by atoms with E-state index in [1.807, 2.05) is 0 Å². The number of rotatable bonds is 11. The zero-order valence-corrected chi connectivity index (χ0v) is 14.8. The van der Waals surface area contributed by atoms with Crippen molar-refractivity contribution in [1.82, 2.24) is 0 Å². The second-order valence-corrected chi connectivity index (χ2v) is 6.38. The molecule has 0 aromatic heterocycles. The van der Waals surface area contributed by atoms with Crippen LogP contribution in [0.15, 0.2) is 24.3 Å². The van der Waals surface area contributed by atoms with Crippen LogP contribution in [0.4, 0.5) is 5.69 Å². The van der Waals surface area contributed by atoms with Crippen molar-refractivity contribution in [2.75, 3.05) is 23.3 Å². The van der Waals surface area contributed by atoms with Crippen LogP contribution in [0.5, 0.6) is 0 Å². The van der Waals surface area contributed by atoms with Gasteiger partial charge in [0, 0.05) is 24.1 Å². The average molecular weight is 340 g/mol. The zero-order valence-electron chi connectivity index (χ0n) is 13.2. The molecule has 20 heavy (non-hydrogen) atoms. The van der Waals surface area contributed by atoms with Crippen LogP contribution in [0.3, 0.4) is 0 Å². The summed E-state index contributed by atoms with van der Waals surface area (Å²) in [6.45, 7) is 6.73. The highest BCUT2D eigenvalue weighted by atomic mass is 79.9. The summed E-state index contributed by atoms with van der Waals surface area (Å²) in [5, 5.41) is 1.16. The van der Waals surface area contributed by atoms with Gasteiger partial charge < -0.3 is 4.90 Å². The molecule has 1 rings (SSSR count). The summed E-state index contributed by atoms with van der Waals surface area (Å²) < 4.78 is 0. The molecule has 0 heterocycles. The van der Waals surface area contributed by atoms with Crippen molar-refractivity contribution < 1.29 is 0 Å². The Bertz CT molecular complexity index is 351. The predicted molar refractivity (Wildman–Crippen MR) is 95.2 cm³/mol. The molecule has 1 aromatic rings. The lowest BCUT2D eigenvalue weighted by Gasteiger charge is -2.23. The topological polar surface area (TPSA) is 3.24 Å². The van der Waals surface area contributed by atoms with E-state index < -0.39 is 0 Å². The van der Waals surface area contributed by atoms with Crippen molar-refractivity contribution in [1.29, 1.82) is 0 Å². The molecule has 1 nitrogen and oxygen atoms in total. The molecule has 2 heteroatoms. The number of unbranched alkanes of at least 4 members (excludes halogenated alkanes) is 6. The molecule has 0 aliphatic carbocycles. The average Bonchev–Trinajstić information content (AvgIpc) is 2.46. The van der Waals surface area contributed by atoms with Gasteiger partial charge in [0.05, 0.1) is 0 Å². The van der Waals surface area contributed by atoms with Crippen LogP contribution >= 0.6 is 15.9 Å². The van der Waals surface area contributed by atoms with Gasteiger partial charge in [-0.25, -0.2) is 0 Å². The normalized spacial score (nSPS) is 10.8. The highest BCUT2D eigenvalue weighted by molar-refractivity contribution is 9.09. The Labute approximate surface area is 133 Å². The first-order valence-electron chi connectivity index (χ1n) is 8.15. The molecule has 0 spiro atoms. The zero-order chi connectivity index (χ0) is 14.6. The first-order valence-corrected chi connectivity index (χ1v) is 9.27. The molecule has 0 atom stereocenters. The molecule has 0 saturated carbocycles. The third kappa shape index (κ3) is 7.33. The van der Waals surface area contributed by atoms with Crippen LogP contribution in [0.25, 0.3) is 0 Å². The molecule has 0 saturated heterocycles. The molecule has 114 valence electrons. The fourth-order valence-electron chi connectivity index (χ4n) is 2.58. The van der Waals surface area contributed by atoms with E-state index in [2.05, 4.69) is 58.9 Å². The van der Waals surface area contributed by atoms with Crippen LogP contribution in [0, 0.1) is 6.92 Å². The third-order valence-electron chi connectivity index (χ3n) is 3.81. The SMILES string of the molecule is CCN(CCCCCCCCCBr)c1cccc(C)c1. The lowest BCUT2D eigenvalue weighted by Crippen LogP contribution is -2.23. The number of halogens is 1. The Morgan fingerprint density at radius 2 is 1.60 bits per heavy atom. The second kappa shape index (κ2) is 11.2. The van der Waals surface area contributed by atoms with E-state index in [9.17, 15) is 0 Å². The van der Waals surface area contributed by atoms with Gasteiger partial charge in [0.25, 0.3) is 0 Å². The molecule has 0 aliphatic rings. The fourth-order valence-corrected chi connectivity index (χ4v) is 2.97. The lowest BCUT2D eigenvalue weighted by atomic mass is 10.1. The van der Waals surface area contributed by atoms with Gasteiger partial charge in [0.2, 0.25) is 0 Å². The summed E-state index contributed by atoms with van der Waals surface area (Å²) in [6, 6.07) is 8.86. The first kappa shape index (κ1) is 17.6. The van der Waals surface area contributed by atoms with Crippen LogP contribution in [0.2, 0.25) is 0 Å². The Morgan fingerprint density at radius 3 is 2.20 bits per heavy atom. The maximum Gasteiger partial charge on any atom is 0.0368 e. The Kier molecular flexibility index (Phi) is 9.82. The van der Waals surface area contributed by atoms with Gasteiger partial charge in [-0.2, -0.15) is 0 Å². The molecular weight excluding hydrogens is 310 g/mol. The Balaban J connectivity index is 2.16. The van der Waals surface area contributed by atoms with Crippen molar-refractivity contribution >= 4 is 21.6 Å². The Hall–Kier alpha value is -0.500. The molecule has 0 aliphatic heterocycles. The van der Waals surface area contributed by atoms with Crippen LogP contribution in [-0.4, -0.2) is 18.4 Å². The van der Waals surface area contributed by atoms with Gasteiger partial charge in [-0.1, -0.05) is 60.2 Å². The van der Waals surface area contributed by atoms with Gasteiger partial charge in [0.15, 0.2) is 0 Å². The van der Waals surface area contributed by atoms with Crippen molar-refractivity contribution in [2.24, 2.45) is 0 Å². The highest BCUT2D eigenvalue weighted by Crippen LogP contribution is 2.17. The van der Waals surface area contributed by atoms with Gasteiger partial charge in [-0.05, 0) is 44.4 Å². The second-order valence-electron chi connectivity index (χ2n) is 5.58. The Morgan fingerprint density at radius 1 is 0.950 bits per heavy atom. The van der Waals surface area contributed by atoms with Gasteiger partial charge in [-0.3, -0.25) is 0 Å². The maximum absolute atomic E-state index is 3.49. The van der Waals surface area contributed by atoms with E-state index >= 15 is 0 Å². The van der Waals surface area contributed by atoms with Gasteiger partial charge in [-0.15, -0.1) is 0 Å². The van der Waals surface area contributed by atoms with Crippen molar-refractivity contribution in [3.05, 3.63) is 29.8 Å². The largest absolute Gasteiger partial charge is 0.372 e. The summed E-state index contributed by atoms with van der Waals surface area (Å²) in [5.74, 6) is 0. The molecule has 0 N–H and O–H groups in total. The van der Waals surface area contributed by atoms with Gasteiger partial charge in [0.1, 0.15) is 0 Å². The van der Waals surface area contributed by atoms with Gasteiger partial charge >= 0.3 is 0 Å². The third-order valence-corrected chi connectivity index (χ3v) is 4.37. The number of aryl methyl sites for hydroxylation is 1. The smallest absolute Gasteiger partial charge is 0.0368 e. The highest BCUT2D eigenvalue weighted by Gasteiger charge is 2.03. The van der Waals surface area contributed by atoms with E-state index in [1.54, 1.807) is 0 Å². The van der Waals surface area contributed by atoms with Crippen molar-refractivity contribution in [3.63, 3.8) is 0 Å². The summed E-state index contributed by atoms with van der Waals surface area (Å²) in [5.41, 5.74) is 2.73. The molecule has 0 unspecified atom stereocenters. The molecule has 0 fully saturated rings. The molecule has 0 radical (unpaired) electrons. The molecular formula is C18H30BrN. The summed E-state index contributed by atoms with van der Waals surface area (Å²) in [4.78, 5) is 2.50. The lowest BCUT2D eigenvalue weighted by molar-refractivity contribution is 0.586. The number of nitrogens with zero attached hydrogens (tertiary/aromatic N) is 1. The standard InChI is InChI=1S/C18H30BrN/c1-3-20(18-13-11-12-17(2)16-18)15-10-8-6-4-5-7-9-14-19/h11-13,16H,3-10,14-15H2,1-2H3. The number of hydrogen-bond donors (Lipinski definition) is 0. The minimum atomic E-state index is 1.11. The van der Waals surface area contributed by atoms with Crippen molar-refractivity contribution in [2.45, 2.75) is 58.8 Å². The van der Waals surface area contributed by atoms with E-state index in [1.165, 1.54) is 62.7 Å². The quantitative estimate of drug-likeness (QED) is 0.355. The monoisotopic (exact) mass is 339 g/mol. The molecule has 0 amide bonds. The maximum atomic E-state index is 3.49.